The lowest BCUT2D eigenvalue weighted by Crippen LogP contribution is -2.01. The summed E-state index contributed by atoms with van der Waals surface area (Å²) in [6, 6.07) is 0. The molecular formula is C12H20. The van der Waals surface area contributed by atoms with Gasteiger partial charge >= 0.3 is 0 Å². The van der Waals surface area contributed by atoms with E-state index in [1.54, 1.807) is 11.1 Å². The zero-order valence-corrected chi connectivity index (χ0v) is 8.56. The molecule has 1 unspecified atom stereocenters. The van der Waals surface area contributed by atoms with E-state index in [4.69, 9.17) is 0 Å². The van der Waals surface area contributed by atoms with Crippen molar-refractivity contribution in [1.29, 1.82) is 0 Å². The molecule has 0 aromatic carbocycles. The standard InChI is InChI=1S/C12H20/c1-4-10(3)12-8-6-11(5-2)7-9-12/h6,8,10H,4-5,7,9H2,1-3H3. The molecule has 0 amide bonds. The minimum absolute atomic E-state index is 0.791. The fourth-order valence-electron chi connectivity index (χ4n) is 1.66. The van der Waals surface area contributed by atoms with Gasteiger partial charge in [0.25, 0.3) is 0 Å². The van der Waals surface area contributed by atoms with Crippen molar-refractivity contribution in [3.05, 3.63) is 23.3 Å². The van der Waals surface area contributed by atoms with E-state index in [0.29, 0.717) is 0 Å². The van der Waals surface area contributed by atoms with Gasteiger partial charge in [0.2, 0.25) is 0 Å². The lowest BCUT2D eigenvalue weighted by atomic mass is 9.88. The van der Waals surface area contributed by atoms with Gasteiger partial charge in [-0.1, -0.05) is 44.1 Å². The Morgan fingerprint density at radius 3 is 2.42 bits per heavy atom. The van der Waals surface area contributed by atoms with Crippen LogP contribution in [0, 0.1) is 5.92 Å². The lowest BCUT2D eigenvalue weighted by Gasteiger charge is -2.18. The highest BCUT2D eigenvalue weighted by Crippen LogP contribution is 2.26. The van der Waals surface area contributed by atoms with Gasteiger partial charge in [-0.3, -0.25) is 0 Å². The van der Waals surface area contributed by atoms with Crippen molar-refractivity contribution in [3.63, 3.8) is 0 Å². The molecule has 0 heteroatoms. The molecule has 0 N–H and O–H groups in total. The van der Waals surface area contributed by atoms with Gasteiger partial charge in [0.1, 0.15) is 0 Å². The largest absolute Gasteiger partial charge is 0.0702 e. The van der Waals surface area contributed by atoms with Crippen LogP contribution in [0.5, 0.6) is 0 Å². The van der Waals surface area contributed by atoms with E-state index in [-0.39, 0.29) is 0 Å². The first-order valence-corrected chi connectivity index (χ1v) is 5.16. The number of hydrogen-bond acceptors (Lipinski definition) is 0. The normalized spacial score (nSPS) is 19.9. The molecule has 0 spiro atoms. The fraction of sp³-hybridized carbons (Fsp3) is 0.667. The van der Waals surface area contributed by atoms with Gasteiger partial charge in [-0.25, -0.2) is 0 Å². The van der Waals surface area contributed by atoms with Crippen LogP contribution in [-0.2, 0) is 0 Å². The Kier molecular flexibility index (Phi) is 3.58. The molecule has 1 aliphatic rings. The molecule has 0 heterocycles. The van der Waals surface area contributed by atoms with Crippen LogP contribution < -0.4 is 0 Å². The summed E-state index contributed by atoms with van der Waals surface area (Å²) in [6.07, 6.45) is 9.77. The summed E-state index contributed by atoms with van der Waals surface area (Å²) in [6.45, 7) is 6.84. The number of rotatable bonds is 3. The van der Waals surface area contributed by atoms with E-state index in [0.717, 1.165) is 5.92 Å². The zero-order chi connectivity index (χ0) is 8.97. The van der Waals surface area contributed by atoms with Crippen molar-refractivity contribution in [2.75, 3.05) is 0 Å². The second kappa shape index (κ2) is 4.49. The van der Waals surface area contributed by atoms with Crippen LogP contribution in [0.3, 0.4) is 0 Å². The molecular weight excluding hydrogens is 144 g/mol. The smallest absolute Gasteiger partial charge is 0.0231 e. The fourth-order valence-corrected chi connectivity index (χ4v) is 1.66. The maximum atomic E-state index is 2.34. The monoisotopic (exact) mass is 164 g/mol. The Morgan fingerprint density at radius 1 is 1.25 bits per heavy atom. The van der Waals surface area contributed by atoms with Crippen molar-refractivity contribution < 1.29 is 0 Å². The minimum Gasteiger partial charge on any atom is -0.0702 e. The molecule has 0 saturated carbocycles. The van der Waals surface area contributed by atoms with Crippen LogP contribution in [0.4, 0.5) is 0 Å². The molecule has 68 valence electrons. The first-order chi connectivity index (χ1) is 5.77. The summed E-state index contributed by atoms with van der Waals surface area (Å²) in [5, 5.41) is 0. The van der Waals surface area contributed by atoms with Crippen molar-refractivity contribution in [2.24, 2.45) is 5.92 Å². The van der Waals surface area contributed by atoms with Crippen molar-refractivity contribution in [1.82, 2.24) is 0 Å². The summed E-state index contributed by atoms with van der Waals surface area (Å²) in [5.41, 5.74) is 3.26. The molecule has 1 atom stereocenters. The Bertz CT molecular complexity index is 196. The highest BCUT2D eigenvalue weighted by atomic mass is 14.1. The zero-order valence-electron chi connectivity index (χ0n) is 8.56. The molecule has 0 fully saturated rings. The third-order valence-electron chi connectivity index (χ3n) is 2.97. The van der Waals surface area contributed by atoms with E-state index in [9.17, 15) is 0 Å². The van der Waals surface area contributed by atoms with Crippen LogP contribution in [-0.4, -0.2) is 0 Å². The molecule has 0 aromatic heterocycles. The number of hydrogen-bond donors (Lipinski definition) is 0. The topological polar surface area (TPSA) is 0 Å². The molecule has 0 aromatic rings. The molecule has 0 saturated heterocycles. The van der Waals surface area contributed by atoms with E-state index < -0.39 is 0 Å². The van der Waals surface area contributed by atoms with Crippen molar-refractivity contribution in [3.8, 4) is 0 Å². The van der Waals surface area contributed by atoms with Gasteiger partial charge in [-0.2, -0.15) is 0 Å². The van der Waals surface area contributed by atoms with Gasteiger partial charge in [0, 0.05) is 0 Å². The van der Waals surface area contributed by atoms with Gasteiger partial charge in [0.05, 0.1) is 0 Å². The Hall–Kier alpha value is -0.520. The van der Waals surface area contributed by atoms with Crippen molar-refractivity contribution in [2.45, 2.75) is 46.5 Å². The van der Waals surface area contributed by atoms with E-state index in [2.05, 4.69) is 32.9 Å². The average Bonchev–Trinajstić information content (AvgIpc) is 2.17. The molecule has 0 aliphatic heterocycles. The maximum absolute atomic E-state index is 2.34. The van der Waals surface area contributed by atoms with E-state index in [1.807, 2.05) is 0 Å². The Labute approximate surface area is 76.4 Å². The van der Waals surface area contributed by atoms with Gasteiger partial charge in [-0.05, 0) is 31.6 Å². The predicted octanol–water partition coefficient (Wildman–Crippen LogP) is 4.09. The van der Waals surface area contributed by atoms with Crippen LogP contribution in [0.2, 0.25) is 0 Å². The maximum Gasteiger partial charge on any atom is -0.0231 e. The first-order valence-electron chi connectivity index (χ1n) is 5.16. The number of allylic oxidation sites excluding steroid dienone is 4. The van der Waals surface area contributed by atoms with Crippen LogP contribution in [0.15, 0.2) is 23.3 Å². The second-order valence-corrected chi connectivity index (χ2v) is 3.73. The quantitative estimate of drug-likeness (QED) is 0.589. The second-order valence-electron chi connectivity index (χ2n) is 3.73. The minimum atomic E-state index is 0.791. The van der Waals surface area contributed by atoms with Crippen LogP contribution >= 0.6 is 0 Å². The van der Waals surface area contributed by atoms with Crippen LogP contribution in [0.25, 0.3) is 0 Å². The first kappa shape index (κ1) is 9.57. The Balaban J connectivity index is 2.59. The summed E-state index contributed by atoms with van der Waals surface area (Å²) in [7, 11) is 0. The highest BCUT2D eigenvalue weighted by Gasteiger charge is 2.09. The van der Waals surface area contributed by atoms with Crippen molar-refractivity contribution >= 4 is 0 Å². The molecule has 12 heavy (non-hydrogen) atoms. The summed E-state index contributed by atoms with van der Waals surface area (Å²) in [4.78, 5) is 0. The highest BCUT2D eigenvalue weighted by molar-refractivity contribution is 5.24. The lowest BCUT2D eigenvalue weighted by molar-refractivity contribution is 0.614. The average molecular weight is 164 g/mol. The molecule has 0 nitrogen and oxygen atoms in total. The molecule has 0 bridgehead atoms. The third kappa shape index (κ3) is 2.23. The predicted molar refractivity (Wildman–Crippen MR) is 55.1 cm³/mol. The molecule has 0 radical (unpaired) electrons. The SMILES string of the molecule is CCC1=CC=C(C(C)CC)CC1. The summed E-state index contributed by atoms with van der Waals surface area (Å²) in [5.74, 6) is 0.791. The summed E-state index contributed by atoms with van der Waals surface area (Å²) < 4.78 is 0. The van der Waals surface area contributed by atoms with Crippen LogP contribution in [0.1, 0.15) is 46.5 Å². The van der Waals surface area contributed by atoms with E-state index >= 15 is 0 Å². The molecule has 1 rings (SSSR count). The third-order valence-corrected chi connectivity index (χ3v) is 2.97. The van der Waals surface area contributed by atoms with Gasteiger partial charge in [0.15, 0.2) is 0 Å². The van der Waals surface area contributed by atoms with E-state index in [1.165, 1.54) is 25.7 Å². The summed E-state index contributed by atoms with van der Waals surface area (Å²) >= 11 is 0. The van der Waals surface area contributed by atoms with Gasteiger partial charge in [-0.15, -0.1) is 0 Å². The molecule has 1 aliphatic carbocycles. The Morgan fingerprint density at radius 2 is 2.00 bits per heavy atom. The van der Waals surface area contributed by atoms with Gasteiger partial charge < -0.3 is 0 Å².